The summed E-state index contributed by atoms with van der Waals surface area (Å²) in [6.45, 7) is 4.33. The molecule has 1 nitrogen and oxygen atoms in total. The standard InChI is InChI=1S/C17H22OS/c1-3-4-6-11-15-13(2)12-16(17(15)18)19-14-9-7-5-8-10-14/h5,7-10,16H,3-4,6,11-12H2,1-2H3. The van der Waals surface area contributed by atoms with Crippen molar-refractivity contribution in [2.45, 2.75) is 56.1 Å². The molecule has 0 aliphatic heterocycles. The highest BCUT2D eigenvalue weighted by Gasteiger charge is 2.31. The molecule has 1 aliphatic carbocycles. The quantitative estimate of drug-likeness (QED) is 0.678. The van der Waals surface area contributed by atoms with E-state index in [4.69, 9.17) is 0 Å². The summed E-state index contributed by atoms with van der Waals surface area (Å²) in [7, 11) is 0. The van der Waals surface area contributed by atoms with Crippen molar-refractivity contribution >= 4 is 17.5 Å². The third-order valence-corrected chi connectivity index (χ3v) is 4.86. The number of carbonyl (C=O) groups is 1. The van der Waals surface area contributed by atoms with Crippen LogP contribution in [0, 0.1) is 0 Å². The third-order valence-electron chi connectivity index (χ3n) is 3.65. The molecule has 2 heteroatoms. The van der Waals surface area contributed by atoms with E-state index in [1.165, 1.54) is 23.3 Å². The molecule has 0 saturated carbocycles. The Labute approximate surface area is 120 Å². The van der Waals surface area contributed by atoms with Gasteiger partial charge in [0.2, 0.25) is 0 Å². The van der Waals surface area contributed by atoms with Crippen LogP contribution in [0.15, 0.2) is 46.4 Å². The molecule has 0 heterocycles. The zero-order valence-corrected chi connectivity index (χ0v) is 12.6. The van der Waals surface area contributed by atoms with Crippen LogP contribution in [-0.4, -0.2) is 11.0 Å². The second kappa shape index (κ2) is 6.95. The van der Waals surface area contributed by atoms with Crippen molar-refractivity contribution in [3.05, 3.63) is 41.5 Å². The minimum absolute atomic E-state index is 0.110. The summed E-state index contributed by atoms with van der Waals surface area (Å²) in [5.74, 6) is 0.377. The molecule has 0 fully saturated rings. The van der Waals surface area contributed by atoms with E-state index >= 15 is 0 Å². The van der Waals surface area contributed by atoms with Gasteiger partial charge in [-0.1, -0.05) is 43.5 Å². The highest BCUT2D eigenvalue weighted by molar-refractivity contribution is 8.00. The van der Waals surface area contributed by atoms with Gasteiger partial charge in [-0.3, -0.25) is 4.79 Å². The summed E-state index contributed by atoms with van der Waals surface area (Å²) in [6.07, 6.45) is 5.49. The Bertz CT molecular complexity index is 461. The van der Waals surface area contributed by atoms with E-state index < -0.39 is 0 Å². The van der Waals surface area contributed by atoms with E-state index in [0.29, 0.717) is 5.78 Å². The maximum absolute atomic E-state index is 12.4. The van der Waals surface area contributed by atoms with Gasteiger partial charge in [0.15, 0.2) is 5.78 Å². The molecule has 102 valence electrons. The van der Waals surface area contributed by atoms with Gasteiger partial charge in [-0.05, 0) is 43.9 Å². The number of carbonyl (C=O) groups excluding carboxylic acids is 1. The zero-order chi connectivity index (χ0) is 13.7. The number of ketones is 1. The monoisotopic (exact) mass is 274 g/mol. The first-order valence-corrected chi connectivity index (χ1v) is 8.05. The van der Waals surface area contributed by atoms with Gasteiger partial charge in [0.25, 0.3) is 0 Å². The van der Waals surface area contributed by atoms with Crippen molar-refractivity contribution in [1.82, 2.24) is 0 Å². The highest BCUT2D eigenvalue weighted by atomic mass is 32.2. The first-order valence-electron chi connectivity index (χ1n) is 7.17. The zero-order valence-electron chi connectivity index (χ0n) is 11.8. The molecular formula is C17H22OS. The smallest absolute Gasteiger partial charge is 0.172 e. The molecule has 0 spiro atoms. The van der Waals surface area contributed by atoms with Crippen LogP contribution in [0.2, 0.25) is 0 Å². The average molecular weight is 274 g/mol. The highest BCUT2D eigenvalue weighted by Crippen LogP contribution is 2.37. The molecule has 1 aliphatic rings. The van der Waals surface area contributed by atoms with E-state index in [0.717, 1.165) is 24.8 Å². The lowest BCUT2D eigenvalue weighted by molar-refractivity contribution is -0.114. The van der Waals surface area contributed by atoms with Gasteiger partial charge in [0.1, 0.15) is 0 Å². The summed E-state index contributed by atoms with van der Waals surface area (Å²) < 4.78 is 0. The molecule has 0 bridgehead atoms. The van der Waals surface area contributed by atoms with Crippen LogP contribution in [0.25, 0.3) is 0 Å². The van der Waals surface area contributed by atoms with Crippen molar-refractivity contribution in [3.8, 4) is 0 Å². The Morgan fingerprint density at radius 1 is 1.21 bits per heavy atom. The lowest BCUT2D eigenvalue weighted by atomic mass is 10.0. The Kier molecular flexibility index (Phi) is 5.26. The Morgan fingerprint density at radius 2 is 1.95 bits per heavy atom. The molecule has 1 atom stereocenters. The van der Waals surface area contributed by atoms with Crippen molar-refractivity contribution in [2.24, 2.45) is 0 Å². The van der Waals surface area contributed by atoms with Crippen LogP contribution in [0.5, 0.6) is 0 Å². The number of benzene rings is 1. The average Bonchev–Trinajstić information content (AvgIpc) is 2.68. The molecule has 1 aromatic carbocycles. The van der Waals surface area contributed by atoms with E-state index in [9.17, 15) is 4.79 Å². The number of thioether (sulfide) groups is 1. The number of unbranched alkanes of at least 4 members (excludes halogenated alkanes) is 2. The fourth-order valence-electron chi connectivity index (χ4n) is 2.55. The number of rotatable bonds is 6. The summed E-state index contributed by atoms with van der Waals surface area (Å²) in [5.41, 5.74) is 2.43. The van der Waals surface area contributed by atoms with E-state index in [1.807, 2.05) is 18.2 Å². The van der Waals surface area contributed by atoms with Crippen LogP contribution in [0.3, 0.4) is 0 Å². The SMILES string of the molecule is CCCCCC1=C(C)CC(Sc2ccccc2)C1=O. The predicted molar refractivity (Wildman–Crippen MR) is 82.6 cm³/mol. The molecular weight excluding hydrogens is 252 g/mol. The van der Waals surface area contributed by atoms with Crippen molar-refractivity contribution in [3.63, 3.8) is 0 Å². The van der Waals surface area contributed by atoms with Gasteiger partial charge in [-0.15, -0.1) is 11.8 Å². The minimum Gasteiger partial charge on any atom is -0.293 e. The number of hydrogen-bond acceptors (Lipinski definition) is 2. The topological polar surface area (TPSA) is 17.1 Å². The molecule has 1 aromatic rings. The minimum atomic E-state index is 0.110. The lowest BCUT2D eigenvalue weighted by Gasteiger charge is -2.09. The summed E-state index contributed by atoms with van der Waals surface area (Å²) >= 11 is 1.71. The van der Waals surface area contributed by atoms with Crippen molar-refractivity contribution < 1.29 is 4.79 Å². The van der Waals surface area contributed by atoms with E-state index in [2.05, 4.69) is 26.0 Å². The molecule has 19 heavy (non-hydrogen) atoms. The second-order valence-electron chi connectivity index (χ2n) is 5.20. The molecule has 1 unspecified atom stereocenters. The normalized spacial score (nSPS) is 19.3. The Morgan fingerprint density at radius 3 is 2.63 bits per heavy atom. The molecule has 2 rings (SSSR count). The van der Waals surface area contributed by atoms with Gasteiger partial charge in [-0.2, -0.15) is 0 Å². The van der Waals surface area contributed by atoms with Crippen LogP contribution in [0.4, 0.5) is 0 Å². The first-order chi connectivity index (χ1) is 9.22. The second-order valence-corrected chi connectivity index (χ2v) is 6.48. The maximum atomic E-state index is 12.4. The summed E-state index contributed by atoms with van der Waals surface area (Å²) in [6, 6.07) is 10.2. The fourth-order valence-corrected chi connectivity index (χ4v) is 3.77. The fraction of sp³-hybridized carbons (Fsp3) is 0.471. The Hall–Kier alpha value is -1.02. The summed E-state index contributed by atoms with van der Waals surface area (Å²) in [5, 5.41) is 0.110. The van der Waals surface area contributed by atoms with Gasteiger partial charge < -0.3 is 0 Å². The number of Topliss-reactive ketones (excluding diaryl/α,β-unsaturated/α-hetero) is 1. The van der Waals surface area contributed by atoms with Gasteiger partial charge in [0, 0.05) is 4.90 Å². The van der Waals surface area contributed by atoms with E-state index in [1.54, 1.807) is 11.8 Å². The van der Waals surface area contributed by atoms with Crippen molar-refractivity contribution in [1.29, 1.82) is 0 Å². The third kappa shape index (κ3) is 3.73. The molecule has 0 amide bonds. The van der Waals surface area contributed by atoms with Gasteiger partial charge in [-0.25, -0.2) is 0 Å². The van der Waals surface area contributed by atoms with Crippen LogP contribution in [-0.2, 0) is 4.79 Å². The molecule has 0 saturated heterocycles. The first kappa shape index (κ1) is 14.4. The van der Waals surface area contributed by atoms with Crippen LogP contribution in [0.1, 0.15) is 46.0 Å². The maximum Gasteiger partial charge on any atom is 0.172 e. The molecule has 0 aromatic heterocycles. The van der Waals surface area contributed by atoms with Gasteiger partial charge in [0.05, 0.1) is 5.25 Å². The molecule has 0 radical (unpaired) electrons. The van der Waals surface area contributed by atoms with Crippen molar-refractivity contribution in [2.75, 3.05) is 0 Å². The summed E-state index contributed by atoms with van der Waals surface area (Å²) in [4.78, 5) is 13.6. The largest absolute Gasteiger partial charge is 0.293 e. The predicted octanol–water partition coefficient (Wildman–Crippen LogP) is 5.02. The van der Waals surface area contributed by atoms with E-state index in [-0.39, 0.29) is 5.25 Å². The Balaban J connectivity index is 1.95. The van der Waals surface area contributed by atoms with Crippen LogP contribution >= 0.6 is 11.8 Å². The molecule has 0 N–H and O–H groups in total. The lowest BCUT2D eigenvalue weighted by Crippen LogP contribution is -2.12. The van der Waals surface area contributed by atoms with Gasteiger partial charge >= 0.3 is 0 Å². The number of hydrogen-bond donors (Lipinski definition) is 0. The van der Waals surface area contributed by atoms with Crippen LogP contribution < -0.4 is 0 Å². The number of allylic oxidation sites excluding steroid dienone is 2.